The van der Waals surface area contributed by atoms with Gasteiger partial charge in [-0.1, -0.05) is 54.8 Å². The number of aryl methyl sites for hydroxylation is 1. The number of methoxy groups -OCH3 is 2. The van der Waals surface area contributed by atoms with Gasteiger partial charge in [-0.3, -0.25) is 9.48 Å². The normalized spacial score (nSPS) is 20.3. The monoisotopic (exact) mass is 622 g/mol. The number of hydrogen-bond acceptors (Lipinski definition) is 10. The first-order chi connectivity index (χ1) is 21.8. The third-order valence-corrected chi connectivity index (χ3v) is 8.40. The first-order valence-corrected chi connectivity index (χ1v) is 15.0. The van der Waals surface area contributed by atoms with Crippen LogP contribution in [0.15, 0.2) is 40.9 Å². The Morgan fingerprint density at radius 1 is 1.02 bits per heavy atom. The number of hydrogen-bond donors (Lipinski definition) is 4. The molecule has 4 N–H and O–H groups in total. The van der Waals surface area contributed by atoms with E-state index in [0.29, 0.717) is 25.0 Å². The molecule has 240 valence electrons. The number of furan rings is 1. The van der Waals surface area contributed by atoms with Crippen molar-refractivity contribution in [3.63, 3.8) is 0 Å². The second-order valence-corrected chi connectivity index (χ2v) is 11.4. The van der Waals surface area contributed by atoms with Crippen LogP contribution in [-0.2, 0) is 34.4 Å². The van der Waals surface area contributed by atoms with E-state index in [1.165, 1.54) is 0 Å². The predicted octanol–water partition coefficient (Wildman–Crippen LogP) is 2.25. The minimum atomic E-state index is -0.959. The van der Waals surface area contributed by atoms with Gasteiger partial charge in [-0.2, -0.15) is 0 Å². The van der Waals surface area contributed by atoms with Crippen molar-refractivity contribution in [3.05, 3.63) is 70.4 Å². The number of nitrogens with zero attached hydrogens (tertiary/aromatic N) is 3. The van der Waals surface area contributed by atoms with Crippen LogP contribution in [-0.4, -0.2) is 76.9 Å². The maximum absolute atomic E-state index is 13.8. The van der Waals surface area contributed by atoms with Crippen LogP contribution in [0.4, 0.5) is 4.79 Å². The van der Waals surface area contributed by atoms with E-state index in [2.05, 4.69) is 26.3 Å². The first kappa shape index (κ1) is 31.7. The third-order valence-electron chi connectivity index (χ3n) is 8.40. The number of rotatable bonds is 5. The van der Waals surface area contributed by atoms with Crippen LogP contribution in [0.3, 0.4) is 0 Å². The lowest BCUT2D eigenvalue weighted by atomic mass is 9.79. The van der Waals surface area contributed by atoms with Crippen molar-refractivity contribution in [1.29, 1.82) is 0 Å². The second-order valence-electron chi connectivity index (χ2n) is 11.4. The number of nitrogens with one attached hydrogen (secondary N) is 3. The predicted molar refractivity (Wildman–Crippen MR) is 158 cm³/mol. The fourth-order valence-electron chi connectivity index (χ4n) is 6.13. The lowest BCUT2D eigenvalue weighted by molar-refractivity contribution is 0.0554. The summed E-state index contributed by atoms with van der Waals surface area (Å²) < 4.78 is 17.4. The van der Waals surface area contributed by atoms with Crippen molar-refractivity contribution < 1.29 is 38.2 Å². The Bertz CT molecular complexity index is 1530. The number of carbonyl (C=O) groups excluding carboxylic acids is 4. The molecule has 2 aromatic heterocycles. The Hall–Kier alpha value is -4.72. The summed E-state index contributed by atoms with van der Waals surface area (Å²) in [5, 5.41) is 27.8. The number of fused-ring (bicyclic) bond motifs is 5. The molecule has 45 heavy (non-hydrogen) atoms. The Morgan fingerprint density at radius 3 is 2.42 bits per heavy atom. The number of urea groups is 1. The highest BCUT2D eigenvalue weighted by Crippen LogP contribution is 2.36. The lowest BCUT2D eigenvalue weighted by Gasteiger charge is -2.36. The average Bonchev–Trinajstić information content (AvgIpc) is 3.68. The fourth-order valence-corrected chi connectivity index (χ4v) is 6.13. The number of aliphatic hydroxyl groups is 1. The van der Waals surface area contributed by atoms with Gasteiger partial charge in [0, 0.05) is 6.42 Å². The van der Waals surface area contributed by atoms with Crippen molar-refractivity contribution in [2.45, 2.75) is 75.5 Å². The molecule has 14 nitrogen and oxygen atoms in total. The molecule has 2 atom stereocenters. The Labute approximate surface area is 259 Å². The smallest absolute Gasteiger partial charge is 0.342 e. The largest absolute Gasteiger partial charge is 0.465 e. The van der Waals surface area contributed by atoms with Gasteiger partial charge in [0.05, 0.1) is 51.2 Å². The third kappa shape index (κ3) is 7.00. The lowest BCUT2D eigenvalue weighted by Crippen LogP contribution is -2.53. The summed E-state index contributed by atoms with van der Waals surface area (Å²) in [6.45, 7) is -0.212. The molecular weight excluding hydrogens is 584 g/mol. The molecule has 1 fully saturated rings. The summed E-state index contributed by atoms with van der Waals surface area (Å²) in [5.74, 6) is -3.02. The summed E-state index contributed by atoms with van der Waals surface area (Å²) in [6, 6.07) is 7.74. The number of amides is 3. The number of ether oxygens (including phenoxy) is 2. The van der Waals surface area contributed by atoms with Crippen LogP contribution in [0.5, 0.6) is 0 Å². The van der Waals surface area contributed by atoms with E-state index in [1.54, 1.807) is 10.9 Å². The van der Waals surface area contributed by atoms with E-state index in [-0.39, 0.29) is 36.3 Å². The zero-order chi connectivity index (χ0) is 32.0. The van der Waals surface area contributed by atoms with Gasteiger partial charge < -0.3 is 34.9 Å². The number of aliphatic hydroxyl groups excluding tert-OH is 1. The molecule has 14 heteroatoms. The van der Waals surface area contributed by atoms with E-state index in [4.69, 9.17) is 13.9 Å². The van der Waals surface area contributed by atoms with Crippen molar-refractivity contribution in [2.75, 3.05) is 20.8 Å². The van der Waals surface area contributed by atoms with Crippen LogP contribution in [0, 0.1) is 0 Å². The van der Waals surface area contributed by atoms with Gasteiger partial charge in [0.1, 0.15) is 22.6 Å². The zero-order valence-corrected chi connectivity index (χ0v) is 25.3. The number of aromatic nitrogens is 3. The maximum Gasteiger partial charge on any atom is 0.342 e. The Balaban J connectivity index is 1.59. The Kier molecular flexibility index (Phi) is 9.81. The van der Waals surface area contributed by atoms with E-state index < -0.39 is 53.9 Å². The van der Waals surface area contributed by atoms with E-state index >= 15 is 0 Å². The van der Waals surface area contributed by atoms with Crippen molar-refractivity contribution in [3.8, 4) is 0 Å². The van der Waals surface area contributed by atoms with Crippen molar-refractivity contribution in [2.24, 2.45) is 0 Å². The van der Waals surface area contributed by atoms with Crippen LogP contribution >= 0.6 is 0 Å². The van der Waals surface area contributed by atoms with Crippen molar-refractivity contribution >= 4 is 23.9 Å². The second kappa shape index (κ2) is 13.9. The molecule has 0 unspecified atom stereocenters. The molecule has 2 aliphatic rings. The molecule has 0 radical (unpaired) electrons. The summed E-state index contributed by atoms with van der Waals surface area (Å²) in [4.78, 5) is 53.1. The SMILES string of the molecule is COC(=O)c1c2oc(c1C(=O)OC)C(=O)N[C@@H](Cc1ccccc1)Cn1cc(nn1)C1(CCCCC1)NC(=O)N[C@H](CO)CC2. The molecule has 3 aromatic rings. The van der Waals surface area contributed by atoms with Gasteiger partial charge >= 0.3 is 18.0 Å². The van der Waals surface area contributed by atoms with Gasteiger partial charge in [0.15, 0.2) is 0 Å². The van der Waals surface area contributed by atoms with Crippen molar-refractivity contribution in [1.82, 2.24) is 30.9 Å². The van der Waals surface area contributed by atoms with E-state index in [1.807, 2.05) is 30.3 Å². The molecule has 5 rings (SSSR count). The van der Waals surface area contributed by atoms with Gasteiger partial charge in [0.25, 0.3) is 5.91 Å². The minimum absolute atomic E-state index is 0.0127. The molecule has 0 saturated heterocycles. The molecule has 1 aliphatic heterocycles. The summed E-state index contributed by atoms with van der Waals surface area (Å²) in [5.41, 5.74) is 0.173. The molecule has 1 aromatic carbocycles. The average molecular weight is 623 g/mol. The quantitative estimate of drug-likeness (QED) is 0.308. The molecule has 1 aliphatic carbocycles. The highest BCUT2D eigenvalue weighted by atomic mass is 16.5. The molecule has 1 spiro atoms. The standard InChI is InChI=1S/C31H38N6O8/c1-43-28(40)24-22-12-11-20(18-38)33-30(42)34-31(13-7-4-8-14-31)23-17-37(36-35-23)16-21(15-19-9-5-3-6-10-19)32-27(39)26(45-22)25(24)29(41)44-2/h3,5-6,9-10,17,20-21,38H,4,7-8,11-16,18H2,1-2H3,(H,32,39)(H2,33,34,42)/t20-,21-/m0/s1. The van der Waals surface area contributed by atoms with Gasteiger partial charge in [-0.15, -0.1) is 5.10 Å². The van der Waals surface area contributed by atoms with E-state index in [9.17, 15) is 24.3 Å². The molecule has 3 amide bonds. The number of esters is 2. The molecule has 3 heterocycles. The van der Waals surface area contributed by atoms with Gasteiger partial charge in [-0.05, 0) is 31.2 Å². The van der Waals surface area contributed by atoms with Gasteiger partial charge in [0.2, 0.25) is 5.76 Å². The fraction of sp³-hybridized carbons (Fsp3) is 0.484. The topological polar surface area (TPSA) is 187 Å². The molecule has 4 bridgehead atoms. The van der Waals surface area contributed by atoms with Crippen LogP contribution in [0.2, 0.25) is 0 Å². The minimum Gasteiger partial charge on any atom is -0.465 e. The highest BCUT2D eigenvalue weighted by Gasteiger charge is 2.39. The molecular formula is C31H38N6O8. The van der Waals surface area contributed by atoms with E-state index in [0.717, 1.165) is 39.0 Å². The van der Waals surface area contributed by atoms with Crippen LogP contribution < -0.4 is 16.0 Å². The summed E-state index contributed by atoms with van der Waals surface area (Å²) in [6.07, 6.45) is 6.42. The highest BCUT2D eigenvalue weighted by molar-refractivity contribution is 6.11. The number of carbonyl (C=O) groups is 4. The Morgan fingerprint density at radius 2 is 1.73 bits per heavy atom. The van der Waals surface area contributed by atoms with Crippen LogP contribution in [0.25, 0.3) is 0 Å². The first-order valence-electron chi connectivity index (χ1n) is 15.0. The summed E-state index contributed by atoms with van der Waals surface area (Å²) >= 11 is 0. The summed E-state index contributed by atoms with van der Waals surface area (Å²) in [7, 11) is 2.27. The number of benzene rings is 1. The van der Waals surface area contributed by atoms with Gasteiger partial charge in [-0.25, -0.2) is 14.4 Å². The van der Waals surface area contributed by atoms with Crippen LogP contribution in [0.1, 0.15) is 86.8 Å². The zero-order valence-electron chi connectivity index (χ0n) is 25.3. The molecule has 1 saturated carbocycles. The maximum atomic E-state index is 13.8.